The molecule has 1 aromatic rings. The molecule has 2 rings (SSSR count). The van der Waals surface area contributed by atoms with Crippen LogP contribution in [0, 0.1) is 11.8 Å². The lowest BCUT2D eigenvalue weighted by Gasteiger charge is -2.37. The lowest BCUT2D eigenvalue weighted by atomic mass is 9.93. The fourth-order valence-electron chi connectivity index (χ4n) is 3.49. The summed E-state index contributed by atoms with van der Waals surface area (Å²) in [4.78, 5) is 14.5. The zero-order valence-electron chi connectivity index (χ0n) is 15.7. The molecule has 5 nitrogen and oxygen atoms in total. The van der Waals surface area contributed by atoms with E-state index in [2.05, 4.69) is 60.6 Å². The number of carbonyl (C=O) groups is 1. The van der Waals surface area contributed by atoms with Crippen molar-refractivity contribution >= 4 is 6.03 Å². The molecule has 1 fully saturated rings. The molecule has 0 bridgehead atoms. The summed E-state index contributed by atoms with van der Waals surface area (Å²) in [6, 6.07) is 10.5. The largest absolute Gasteiger partial charge is 0.391 e. The number of likely N-dealkylation sites (tertiary alicyclic amines) is 1. The molecular weight excluding hydrogens is 314 g/mol. The van der Waals surface area contributed by atoms with Crippen LogP contribution in [-0.2, 0) is 6.54 Å². The molecule has 1 saturated heterocycles. The molecule has 0 saturated carbocycles. The third-order valence-corrected chi connectivity index (χ3v) is 4.80. The summed E-state index contributed by atoms with van der Waals surface area (Å²) in [5.74, 6) is 0.831. The summed E-state index contributed by atoms with van der Waals surface area (Å²) in [7, 11) is 0. The molecule has 1 aliphatic heterocycles. The Labute approximate surface area is 151 Å². The third-order valence-electron chi connectivity index (χ3n) is 4.80. The van der Waals surface area contributed by atoms with Crippen molar-refractivity contribution in [2.75, 3.05) is 19.6 Å². The predicted molar refractivity (Wildman–Crippen MR) is 101 cm³/mol. The van der Waals surface area contributed by atoms with Gasteiger partial charge in [0, 0.05) is 32.2 Å². The van der Waals surface area contributed by atoms with E-state index in [0.29, 0.717) is 24.8 Å². The first-order chi connectivity index (χ1) is 11.9. The van der Waals surface area contributed by atoms with Crippen LogP contribution in [0.25, 0.3) is 0 Å². The number of nitrogens with zero attached hydrogens (tertiary/aromatic N) is 1. The van der Waals surface area contributed by atoms with Crippen molar-refractivity contribution in [3.8, 4) is 0 Å². The van der Waals surface area contributed by atoms with Crippen LogP contribution in [0.4, 0.5) is 4.79 Å². The Hall–Kier alpha value is -1.59. The Morgan fingerprint density at radius 1 is 1.32 bits per heavy atom. The average Bonchev–Trinajstić information content (AvgIpc) is 2.56. The van der Waals surface area contributed by atoms with E-state index in [1.807, 2.05) is 6.07 Å². The Balaban J connectivity index is 1.71. The lowest BCUT2D eigenvalue weighted by Crippen LogP contribution is -2.52. The van der Waals surface area contributed by atoms with E-state index in [1.54, 1.807) is 0 Å². The minimum absolute atomic E-state index is 0.170. The van der Waals surface area contributed by atoms with Gasteiger partial charge >= 0.3 is 6.03 Å². The van der Waals surface area contributed by atoms with E-state index in [4.69, 9.17) is 0 Å². The Bertz CT molecular complexity index is 521. The van der Waals surface area contributed by atoms with Crippen molar-refractivity contribution < 1.29 is 9.90 Å². The summed E-state index contributed by atoms with van der Waals surface area (Å²) < 4.78 is 0. The maximum Gasteiger partial charge on any atom is 0.315 e. The average molecular weight is 348 g/mol. The standard InChI is InChI=1S/C20H33N3O2/c1-15(2)11-18(24)12-21-20(25)22-19-9-10-23(13-16(19)3)14-17-7-5-4-6-8-17/h4-8,15-16,18-19,24H,9-14H2,1-3H3,(H2,21,22,25). The second kappa shape index (κ2) is 9.78. The van der Waals surface area contributed by atoms with Crippen molar-refractivity contribution in [2.24, 2.45) is 11.8 Å². The van der Waals surface area contributed by atoms with Crippen LogP contribution in [0.5, 0.6) is 0 Å². The zero-order chi connectivity index (χ0) is 18.2. The van der Waals surface area contributed by atoms with Crippen molar-refractivity contribution in [1.82, 2.24) is 15.5 Å². The molecule has 0 radical (unpaired) electrons. The molecule has 5 heteroatoms. The predicted octanol–water partition coefficient (Wildman–Crippen LogP) is 2.60. The highest BCUT2D eigenvalue weighted by molar-refractivity contribution is 5.74. The molecule has 0 aliphatic carbocycles. The van der Waals surface area contributed by atoms with Crippen molar-refractivity contribution in [3.63, 3.8) is 0 Å². The number of carbonyl (C=O) groups excluding carboxylic acids is 1. The van der Waals surface area contributed by atoms with E-state index in [0.717, 1.165) is 26.1 Å². The number of hydrogen-bond donors (Lipinski definition) is 3. The quantitative estimate of drug-likeness (QED) is 0.710. The number of benzene rings is 1. The van der Waals surface area contributed by atoms with Gasteiger partial charge in [-0.1, -0.05) is 51.1 Å². The number of amides is 2. The van der Waals surface area contributed by atoms with Gasteiger partial charge in [0.15, 0.2) is 0 Å². The Kier molecular flexibility index (Phi) is 7.72. The monoisotopic (exact) mass is 347 g/mol. The molecule has 25 heavy (non-hydrogen) atoms. The van der Waals surface area contributed by atoms with Crippen LogP contribution >= 0.6 is 0 Å². The van der Waals surface area contributed by atoms with Gasteiger partial charge in [0.05, 0.1) is 6.10 Å². The maximum atomic E-state index is 12.1. The molecule has 2 amide bonds. The van der Waals surface area contributed by atoms with E-state index < -0.39 is 6.10 Å². The van der Waals surface area contributed by atoms with Gasteiger partial charge in [-0.2, -0.15) is 0 Å². The van der Waals surface area contributed by atoms with Gasteiger partial charge in [-0.15, -0.1) is 0 Å². The SMILES string of the molecule is CC(C)CC(O)CNC(=O)NC1CCN(Cc2ccccc2)CC1C. The van der Waals surface area contributed by atoms with Gasteiger partial charge in [-0.25, -0.2) is 4.79 Å². The number of piperidine rings is 1. The number of nitrogens with one attached hydrogen (secondary N) is 2. The van der Waals surface area contributed by atoms with E-state index >= 15 is 0 Å². The first-order valence-corrected chi connectivity index (χ1v) is 9.42. The van der Waals surface area contributed by atoms with Crippen molar-refractivity contribution in [3.05, 3.63) is 35.9 Å². The molecule has 3 unspecified atom stereocenters. The van der Waals surface area contributed by atoms with Crippen LogP contribution in [-0.4, -0.2) is 47.8 Å². The number of aliphatic hydroxyl groups excluding tert-OH is 1. The summed E-state index contributed by atoms with van der Waals surface area (Å²) in [6.45, 7) is 9.56. The van der Waals surface area contributed by atoms with Crippen LogP contribution in [0.1, 0.15) is 39.2 Å². The smallest absolute Gasteiger partial charge is 0.315 e. The van der Waals surface area contributed by atoms with Gasteiger partial charge < -0.3 is 15.7 Å². The zero-order valence-corrected chi connectivity index (χ0v) is 15.7. The van der Waals surface area contributed by atoms with Gasteiger partial charge in [0.1, 0.15) is 0 Å². The summed E-state index contributed by atoms with van der Waals surface area (Å²) in [5.41, 5.74) is 1.33. The van der Waals surface area contributed by atoms with E-state index in [-0.39, 0.29) is 12.1 Å². The topological polar surface area (TPSA) is 64.6 Å². The summed E-state index contributed by atoms with van der Waals surface area (Å²) >= 11 is 0. The maximum absolute atomic E-state index is 12.1. The number of rotatable bonds is 7. The molecular formula is C20H33N3O2. The minimum atomic E-state index is -0.476. The highest BCUT2D eigenvalue weighted by atomic mass is 16.3. The highest BCUT2D eigenvalue weighted by Gasteiger charge is 2.27. The molecule has 140 valence electrons. The first-order valence-electron chi connectivity index (χ1n) is 9.42. The van der Waals surface area contributed by atoms with E-state index in [9.17, 15) is 9.90 Å². The minimum Gasteiger partial charge on any atom is -0.391 e. The fraction of sp³-hybridized carbons (Fsp3) is 0.650. The third kappa shape index (κ3) is 7.04. The number of hydrogen-bond acceptors (Lipinski definition) is 3. The second-order valence-electron chi connectivity index (χ2n) is 7.73. The summed E-state index contributed by atoms with van der Waals surface area (Å²) in [6.07, 6.45) is 1.18. The molecule has 0 spiro atoms. The van der Waals surface area contributed by atoms with Gasteiger partial charge in [0.2, 0.25) is 0 Å². The summed E-state index contributed by atoms with van der Waals surface area (Å²) in [5, 5.41) is 15.7. The lowest BCUT2D eigenvalue weighted by molar-refractivity contribution is 0.135. The van der Waals surface area contributed by atoms with Crippen LogP contribution in [0.3, 0.4) is 0 Å². The van der Waals surface area contributed by atoms with Crippen molar-refractivity contribution in [2.45, 2.75) is 52.3 Å². The van der Waals surface area contributed by atoms with Gasteiger partial charge in [0.25, 0.3) is 0 Å². The second-order valence-corrected chi connectivity index (χ2v) is 7.73. The van der Waals surface area contributed by atoms with E-state index in [1.165, 1.54) is 5.56 Å². The first kappa shape index (κ1) is 19.7. The Morgan fingerprint density at radius 3 is 2.68 bits per heavy atom. The van der Waals surface area contributed by atoms with Crippen molar-refractivity contribution in [1.29, 1.82) is 0 Å². The van der Waals surface area contributed by atoms with Crippen LogP contribution < -0.4 is 10.6 Å². The van der Waals surface area contributed by atoms with Gasteiger partial charge in [-0.05, 0) is 30.2 Å². The molecule has 1 heterocycles. The Morgan fingerprint density at radius 2 is 2.04 bits per heavy atom. The number of aliphatic hydroxyl groups is 1. The van der Waals surface area contributed by atoms with Crippen LogP contribution in [0.2, 0.25) is 0 Å². The molecule has 1 aromatic carbocycles. The molecule has 0 aromatic heterocycles. The number of urea groups is 1. The van der Waals surface area contributed by atoms with Crippen LogP contribution in [0.15, 0.2) is 30.3 Å². The molecule has 3 N–H and O–H groups in total. The van der Waals surface area contributed by atoms with Gasteiger partial charge in [-0.3, -0.25) is 4.90 Å². The highest BCUT2D eigenvalue weighted by Crippen LogP contribution is 2.19. The molecule has 1 aliphatic rings. The fourth-order valence-corrected chi connectivity index (χ4v) is 3.49. The normalized spacial score (nSPS) is 22.6. The molecule has 3 atom stereocenters.